The van der Waals surface area contributed by atoms with Gasteiger partial charge in [0.1, 0.15) is 5.82 Å². The van der Waals surface area contributed by atoms with E-state index in [1.165, 1.54) is 6.42 Å². The molecule has 4 nitrogen and oxygen atoms in total. The minimum absolute atomic E-state index is 0.610. The van der Waals surface area contributed by atoms with Crippen molar-refractivity contribution >= 4 is 17.4 Å². The summed E-state index contributed by atoms with van der Waals surface area (Å²) in [5.41, 5.74) is 1.13. The zero-order valence-electron chi connectivity index (χ0n) is 12.7. The van der Waals surface area contributed by atoms with Crippen LogP contribution in [0.4, 0.5) is 5.82 Å². The van der Waals surface area contributed by atoms with Crippen molar-refractivity contribution in [2.45, 2.75) is 32.9 Å². The Morgan fingerprint density at radius 3 is 2.90 bits per heavy atom. The number of likely N-dealkylation sites (N-methyl/N-ethyl adjacent to an activating group) is 1. The maximum Gasteiger partial charge on any atom is 0.129 e. The summed E-state index contributed by atoms with van der Waals surface area (Å²) in [6, 6.07) is 2.74. The Kier molecular flexibility index (Phi) is 5.64. The number of aromatic nitrogens is 1. The van der Waals surface area contributed by atoms with Crippen LogP contribution in [-0.2, 0) is 6.54 Å². The van der Waals surface area contributed by atoms with Gasteiger partial charge in [-0.1, -0.05) is 25.4 Å². The maximum absolute atomic E-state index is 6.22. The molecule has 5 heteroatoms. The van der Waals surface area contributed by atoms with Crippen LogP contribution in [0, 0.1) is 0 Å². The Morgan fingerprint density at radius 1 is 1.40 bits per heavy atom. The van der Waals surface area contributed by atoms with Crippen molar-refractivity contribution in [3.63, 3.8) is 0 Å². The van der Waals surface area contributed by atoms with Gasteiger partial charge in [0, 0.05) is 38.4 Å². The fourth-order valence-corrected chi connectivity index (χ4v) is 2.80. The van der Waals surface area contributed by atoms with Gasteiger partial charge in [-0.25, -0.2) is 4.98 Å². The van der Waals surface area contributed by atoms with Crippen LogP contribution in [0.1, 0.15) is 25.8 Å². The van der Waals surface area contributed by atoms with Crippen molar-refractivity contribution in [1.29, 1.82) is 0 Å². The molecule has 1 aromatic rings. The van der Waals surface area contributed by atoms with Crippen LogP contribution in [-0.4, -0.2) is 49.2 Å². The van der Waals surface area contributed by atoms with Gasteiger partial charge in [-0.2, -0.15) is 0 Å². The second-order valence-corrected chi connectivity index (χ2v) is 5.81. The zero-order chi connectivity index (χ0) is 14.5. The molecule has 2 heterocycles. The second kappa shape index (κ2) is 7.25. The normalized spacial score (nSPS) is 20.4. The number of halogens is 1. The Labute approximate surface area is 127 Å². The van der Waals surface area contributed by atoms with Crippen LogP contribution in [0.5, 0.6) is 0 Å². The highest BCUT2D eigenvalue weighted by Gasteiger charge is 2.23. The molecular formula is C15H25ClN4. The van der Waals surface area contributed by atoms with Gasteiger partial charge in [0.2, 0.25) is 0 Å². The summed E-state index contributed by atoms with van der Waals surface area (Å²) in [6.45, 7) is 9.25. The third-order valence-electron chi connectivity index (χ3n) is 4.06. The smallest absolute Gasteiger partial charge is 0.129 e. The van der Waals surface area contributed by atoms with Gasteiger partial charge in [0.05, 0.1) is 5.02 Å². The molecule has 0 radical (unpaired) electrons. The van der Waals surface area contributed by atoms with Crippen LogP contribution in [0.2, 0.25) is 5.02 Å². The highest BCUT2D eigenvalue weighted by Crippen LogP contribution is 2.23. The van der Waals surface area contributed by atoms with Gasteiger partial charge < -0.3 is 10.2 Å². The van der Waals surface area contributed by atoms with E-state index in [1.54, 1.807) is 6.20 Å². The zero-order valence-corrected chi connectivity index (χ0v) is 13.5. The average Bonchev–Trinajstić information content (AvgIpc) is 2.47. The van der Waals surface area contributed by atoms with Gasteiger partial charge in [-0.3, -0.25) is 4.90 Å². The summed E-state index contributed by atoms with van der Waals surface area (Å²) in [7, 11) is 2.21. The van der Waals surface area contributed by atoms with E-state index in [4.69, 9.17) is 11.6 Å². The minimum atomic E-state index is 0.610. The van der Waals surface area contributed by atoms with Crippen molar-refractivity contribution in [3.05, 3.63) is 22.8 Å². The van der Waals surface area contributed by atoms with Crippen LogP contribution in [0.25, 0.3) is 0 Å². The van der Waals surface area contributed by atoms with Gasteiger partial charge in [0.15, 0.2) is 0 Å². The molecule has 0 saturated carbocycles. The van der Waals surface area contributed by atoms with Gasteiger partial charge >= 0.3 is 0 Å². The third-order valence-corrected chi connectivity index (χ3v) is 4.40. The van der Waals surface area contributed by atoms with E-state index in [0.717, 1.165) is 49.1 Å². The molecule has 0 aliphatic carbocycles. The van der Waals surface area contributed by atoms with Crippen molar-refractivity contribution in [2.24, 2.45) is 0 Å². The molecule has 0 amide bonds. The molecule has 20 heavy (non-hydrogen) atoms. The number of hydrogen-bond acceptors (Lipinski definition) is 4. The minimum Gasteiger partial charge on any atom is -0.354 e. The Morgan fingerprint density at radius 2 is 2.20 bits per heavy atom. The first-order chi connectivity index (χ1) is 9.65. The first-order valence-electron chi connectivity index (χ1n) is 7.46. The monoisotopic (exact) mass is 296 g/mol. The van der Waals surface area contributed by atoms with E-state index < -0.39 is 0 Å². The molecular weight excluding hydrogens is 272 g/mol. The van der Waals surface area contributed by atoms with Gasteiger partial charge in [-0.05, 0) is 31.6 Å². The lowest BCUT2D eigenvalue weighted by molar-refractivity contribution is 0.213. The lowest BCUT2D eigenvalue weighted by atomic mass is 10.1. The SMILES string of the molecule is CCNCc1cc(N2CCN(C)C(CC)C2)ncc1Cl. The number of nitrogens with one attached hydrogen (secondary N) is 1. The van der Waals surface area contributed by atoms with Crippen LogP contribution in [0.15, 0.2) is 12.3 Å². The average molecular weight is 297 g/mol. The predicted octanol–water partition coefficient (Wildman–Crippen LogP) is 2.37. The summed E-state index contributed by atoms with van der Waals surface area (Å²) in [4.78, 5) is 9.32. The highest BCUT2D eigenvalue weighted by atomic mass is 35.5. The molecule has 1 aliphatic rings. The fraction of sp³-hybridized carbons (Fsp3) is 0.667. The molecule has 1 aliphatic heterocycles. The molecule has 1 saturated heterocycles. The van der Waals surface area contributed by atoms with E-state index in [0.29, 0.717) is 6.04 Å². The Balaban J connectivity index is 2.12. The molecule has 1 N–H and O–H groups in total. The topological polar surface area (TPSA) is 31.4 Å². The maximum atomic E-state index is 6.22. The van der Waals surface area contributed by atoms with Gasteiger partial charge in [-0.15, -0.1) is 0 Å². The molecule has 0 spiro atoms. The number of piperazine rings is 1. The summed E-state index contributed by atoms with van der Waals surface area (Å²) in [5.74, 6) is 1.05. The van der Waals surface area contributed by atoms with Crippen molar-refractivity contribution in [2.75, 3.05) is 38.1 Å². The predicted molar refractivity (Wildman–Crippen MR) is 85.5 cm³/mol. The number of nitrogens with zero attached hydrogens (tertiary/aromatic N) is 3. The van der Waals surface area contributed by atoms with E-state index in [1.807, 2.05) is 0 Å². The van der Waals surface area contributed by atoms with Crippen molar-refractivity contribution < 1.29 is 0 Å². The molecule has 1 unspecified atom stereocenters. The van der Waals surface area contributed by atoms with Crippen LogP contribution >= 0.6 is 11.6 Å². The largest absolute Gasteiger partial charge is 0.354 e. The molecule has 112 valence electrons. The van der Waals surface area contributed by atoms with Crippen molar-refractivity contribution in [1.82, 2.24) is 15.2 Å². The fourth-order valence-electron chi connectivity index (χ4n) is 2.63. The summed E-state index contributed by atoms with van der Waals surface area (Å²) in [5, 5.41) is 4.07. The highest BCUT2D eigenvalue weighted by molar-refractivity contribution is 6.31. The van der Waals surface area contributed by atoms with E-state index in [9.17, 15) is 0 Å². The number of hydrogen-bond donors (Lipinski definition) is 1. The van der Waals surface area contributed by atoms with Crippen LogP contribution < -0.4 is 10.2 Å². The van der Waals surface area contributed by atoms with Crippen LogP contribution in [0.3, 0.4) is 0 Å². The molecule has 0 aromatic carbocycles. The summed E-state index contributed by atoms with van der Waals surface area (Å²) < 4.78 is 0. The Bertz CT molecular complexity index is 438. The lowest BCUT2D eigenvalue weighted by Crippen LogP contribution is -2.51. The Hall–Kier alpha value is -0.840. The molecule has 1 fully saturated rings. The quantitative estimate of drug-likeness (QED) is 0.904. The number of anilines is 1. The van der Waals surface area contributed by atoms with Crippen molar-refractivity contribution in [3.8, 4) is 0 Å². The lowest BCUT2D eigenvalue weighted by Gasteiger charge is -2.39. The first kappa shape index (κ1) is 15.5. The number of rotatable bonds is 5. The molecule has 0 bridgehead atoms. The second-order valence-electron chi connectivity index (χ2n) is 5.40. The standard InChI is InChI=1S/C15H25ClN4/c1-4-13-11-20(7-6-19(13)3)15-8-12(9-17-5-2)14(16)10-18-15/h8,10,13,17H,4-7,9,11H2,1-3H3. The molecule has 2 rings (SSSR count). The van der Waals surface area contributed by atoms with Gasteiger partial charge in [0.25, 0.3) is 0 Å². The first-order valence-corrected chi connectivity index (χ1v) is 7.83. The molecule has 1 atom stereocenters. The third kappa shape index (κ3) is 3.62. The van der Waals surface area contributed by atoms with E-state index in [2.05, 4.69) is 47.1 Å². The van der Waals surface area contributed by atoms with E-state index >= 15 is 0 Å². The van der Waals surface area contributed by atoms with E-state index in [-0.39, 0.29) is 0 Å². The summed E-state index contributed by atoms with van der Waals surface area (Å²) >= 11 is 6.22. The summed E-state index contributed by atoms with van der Waals surface area (Å²) in [6.07, 6.45) is 2.95. The molecule has 1 aromatic heterocycles. The number of pyridine rings is 1.